The molecule has 0 unspecified atom stereocenters. The highest BCUT2D eigenvalue weighted by atomic mass is 32.2. The largest absolute Gasteiger partial charge is 0.488 e. The third-order valence-corrected chi connectivity index (χ3v) is 3.04. The minimum absolute atomic E-state index is 0.596. The van der Waals surface area contributed by atoms with Gasteiger partial charge in [0.05, 0.1) is 0 Å². The van der Waals surface area contributed by atoms with Crippen LogP contribution in [0.4, 0.5) is 0 Å². The van der Waals surface area contributed by atoms with Crippen molar-refractivity contribution >= 4 is 24.3 Å². The van der Waals surface area contributed by atoms with Gasteiger partial charge in [-0.05, 0) is 24.3 Å². The van der Waals surface area contributed by atoms with Crippen LogP contribution < -0.4 is 5.46 Å². The van der Waals surface area contributed by atoms with E-state index in [0.717, 1.165) is 24.4 Å². The molecule has 88 valence electrons. The molecule has 0 radical (unpaired) electrons. The van der Waals surface area contributed by atoms with Crippen molar-refractivity contribution < 1.29 is 10.0 Å². The number of hydrogen-bond donors (Lipinski definition) is 2. The smallest absolute Gasteiger partial charge is 0.423 e. The van der Waals surface area contributed by atoms with Gasteiger partial charge in [-0.3, -0.25) is 0 Å². The molecule has 0 fully saturated rings. The van der Waals surface area contributed by atoms with E-state index in [0.29, 0.717) is 5.46 Å². The average molecular weight is 239 g/mol. The van der Waals surface area contributed by atoms with Crippen LogP contribution in [0.2, 0.25) is 0 Å². The summed E-state index contributed by atoms with van der Waals surface area (Å²) in [6, 6.07) is 7.43. The van der Waals surface area contributed by atoms with Crippen molar-refractivity contribution in [1.29, 1.82) is 0 Å². The summed E-state index contributed by atoms with van der Waals surface area (Å²) in [6.07, 6.45) is 2.08. The number of nitrogens with zero attached hydrogens (tertiary/aromatic N) is 1. The lowest BCUT2D eigenvalue weighted by Crippen LogP contribution is -2.35. The first kappa shape index (κ1) is 13.6. The topological polar surface area (TPSA) is 43.7 Å². The average Bonchev–Trinajstić information content (AvgIpc) is 2.27. The number of benzene rings is 1. The zero-order valence-electron chi connectivity index (χ0n) is 9.76. The second-order valence-electron chi connectivity index (χ2n) is 3.80. The summed E-state index contributed by atoms with van der Waals surface area (Å²) in [5, 5.41) is 18.5. The third kappa shape index (κ3) is 4.18. The first-order valence-electron chi connectivity index (χ1n) is 5.26. The Bertz CT molecular complexity index is 323. The minimum atomic E-state index is -1.38. The summed E-state index contributed by atoms with van der Waals surface area (Å²) in [5.74, 6) is 1.08. The van der Waals surface area contributed by atoms with Crippen LogP contribution in [0.5, 0.6) is 0 Å². The molecule has 0 saturated carbocycles. The van der Waals surface area contributed by atoms with E-state index >= 15 is 0 Å². The van der Waals surface area contributed by atoms with Crippen molar-refractivity contribution in [2.75, 3.05) is 25.6 Å². The van der Waals surface area contributed by atoms with Crippen LogP contribution in [-0.4, -0.2) is 47.7 Å². The van der Waals surface area contributed by atoms with Gasteiger partial charge in [-0.15, -0.1) is 0 Å². The van der Waals surface area contributed by atoms with Crippen LogP contribution in [0.3, 0.4) is 0 Å². The lowest BCUT2D eigenvalue weighted by atomic mass is 9.77. The van der Waals surface area contributed by atoms with Crippen molar-refractivity contribution in [3.05, 3.63) is 29.8 Å². The summed E-state index contributed by atoms with van der Waals surface area (Å²) >= 11 is 1.81. The molecule has 0 atom stereocenters. The van der Waals surface area contributed by atoms with E-state index in [2.05, 4.69) is 11.2 Å². The lowest BCUT2D eigenvalue weighted by Gasteiger charge is -2.18. The highest BCUT2D eigenvalue weighted by Crippen LogP contribution is 2.02. The van der Waals surface area contributed by atoms with E-state index in [1.807, 2.05) is 37.0 Å². The van der Waals surface area contributed by atoms with Gasteiger partial charge in [0.2, 0.25) is 0 Å². The molecule has 0 aliphatic rings. The zero-order valence-corrected chi connectivity index (χ0v) is 10.6. The molecule has 3 nitrogen and oxygen atoms in total. The lowest BCUT2D eigenvalue weighted by molar-refractivity contribution is 0.348. The van der Waals surface area contributed by atoms with Crippen molar-refractivity contribution in [3.63, 3.8) is 0 Å². The second kappa shape index (κ2) is 6.96. The van der Waals surface area contributed by atoms with Gasteiger partial charge in [0.15, 0.2) is 0 Å². The number of thioether (sulfide) groups is 1. The molecule has 0 bridgehead atoms. The molecule has 16 heavy (non-hydrogen) atoms. The van der Waals surface area contributed by atoms with Crippen LogP contribution in [0.15, 0.2) is 24.3 Å². The monoisotopic (exact) mass is 239 g/mol. The van der Waals surface area contributed by atoms with Gasteiger partial charge in [-0.1, -0.05) is 24.3 Å². The molecule has 1 aromatic carbocycles. The molecule has 0 aromatic heterocycles. The predicted molar refractivity (Wildman–Crippen MR) is 71.0 cm³/mol. The molecular weight excluding hydrogens is 221 g/mol. The Morgan fingerprint density at radius 2 is 2.00 bits per heavy atom. The normalized spacial score (nSPS) is 10.8. The highest BCUT2D eigenvalue weighted by Gasteiger charge is 2.15. The van der Waals surface area contributed by atoms with Crippen molar-refractivity contribution in [1.82, 2.24) is 4.90 Å². The molecule has 0 heterocycles. The highest BCUT2D eigenvalue weighted by molar-refractivity contribution is 7.98. The van der Waals surface area contributed by atoms with Gasteiger partial charge in [0, 0.05) is 18.8 Å². The fourth-order valence-corrected chi connectivity index (χ4v) is 2.04. The molecule has 0 aliphatic carbocycles. The zero-order chi connectivity index (χ0) is 12.0. The van der Waals surface area contributed by atoms with E-state index in [4.69, 9.17) is 0 Å². The first-order chi connectivity index (χ1) is 7.65. The maximum absolute atomic E-state index is 9.23. The van der Waals surface area contributed by atoms with Crippen molar-refractivity contribution in [3.8, 4) is 0 Å². The summed E-state index contributed by atoms with van der Waals surface area (Å²) in [7, 11) is 0.654. The standard InChI is InChI=1S/C11H18BNO2S/c1-13(7-8-16-2)9-10-5-3-4-6-11(10)12(14)15/h3-6,14-15H,7-9H2,1-2H3. The van der Waals surface area contributed by atoms with Gasteiger partial charge in [-0.2, -0.15) is 11.8 Å². The Kier molecular flexibility index (Phi) is 5.91. The molecule has 0 amide bonds. The third-order valence-electron chi connectivity index (χ3n) is 2.45. The Morgan fingerprint density at radius 1 is 1.31 bits per heavy atom. The quantitative estimate of drug-likeness (QED) is 0.694. The van der Waals surface area contributed by atoms with E-state index in [1.165, 1.54) is 0 Å². The Balaban J connectivity index is 2.65. The van der Waals surface area contributed by atoms with Crippen molar-refractivity contribution in [2.24, 2.45) is 0 Å². The molecular formula is C11H18BNO2S. The van der Waals surface area contributed by atoms with Crippen molar-refractivity contribution in [2.45, 2.75) is 6.54 Å². The van der Waals surface area contributed by atoms with Crippen LogP contribution in [-0.2, 0) is 6.54 Å². The van der Waals surface area contributed by atoms with E-state index < -0.39 is 7.12 Å². The fourth-order valence-electron chi connectivity index (χ4n) is 1.55. The van der Waals surface area contributed by atoms with Crippen LogP contribution in [0, 0.1) is 0 Å². The summed E-state index contributed by atoms with van der Waals surface area (Å²) in [6.45, 7) is 1.74. The van der Waals surface area contributed by atoms with Crippen LogP contribution in [0.1, 0.15) is 5.56 Å². The Labute approximate surface area is 102 Å². The number of hydrogen-bond acceptors (Lipinski definition) is 4. The minimum Gasteiger partial charge on any atom is -0.423 e. The Hall–Kier alpha value is -0.485. The predicted octanol–water partition coefficient (Wildman–Crippen LogP) is 0.161. The molecule has 1 rings (SSSR count). The summed E-state index contributed by atoms with van der Waals surface area (Å²) in [4.78, 5) is 2.18. The second-order valence-corrected chi connectivity index (χ2v) is 4.79. The maximum Gasteiger partial charge on any atom is 0.488 e. The van der Waals surface area contributed by atoms with Gasteiger partial charge < -0.3 is 14.9 Å². The van der Waals surface area contributed by atoms with E-state index in [9.17, 15) is 10.0 Å². The SMILES string of the molecule is CSCCN(C)Cc1ccccc1B(O)O. The molecule has 2 N–H and O–H groups in total. The first-order valence-corrected chi connectivity index (χ1v) is 6.66. The van der Waals surface area contributed by atoms with Gasteiger partial charge >= 0.3 is 7.12 Å². The van der Waals surface area contributed by atoms with Crippen LogP contribution >= 0.6 is 11.8 Å². The van der Waals surface area contributed by atoms with E-state index in [1.54, 1.807) is 6.07 Å². The van der Waals surface area contributed by atoms with Gasteiger partial charge in [0.25, 0.3) is 0 Å². The van der Waals surface area contributed by atoms with Gasteiger partial charge in [-0.25, -0.2) is 0 Å². The molecule has 0 spiro atoms. The van der Waals surface area contributed by atoms with Gasteiger partial charge in [0.1, 0.15) is 0 Å². The molecule has 0 saturated heterocycles. The molecule has 5 heteroatoms. The maximum atomic E-state index is 9.23. The number of rotatable bonds is 6. The summed E-state index contributed by atoms with van der Waals surface area (Å²) in [5.41, 5.74) is 1.57. The fraction of sp³-hybridized carbons (Fsp3) is 0.455. The van der Waals surface area contributed by atoms with Crippen LogP contribution in [0.25, 0.3) is 0 Å². The summed E-state index contributed by atoms with van der Waals surface area (Å²) < 4.78 is 0. The molecule has 0 aliphatic heterocycles. The van der Waals surface area contributed by atoms with E-state index in [-0.39, 0.29) is 0 Å². The Morgan fingerprint density at radius 3 is 2.62 bits per heavy atom. The molecule has 1 aromatic rings.